The SMILES string of the molecule is C[C@@H](NC(=O)CN(c1ccc(Br)cc1)S(C)(=O)=O)c1ccccc1. The lowest BCUT2D eigenvalue weighted by Crippen LogP contribution is -2.41. The second kappa shape index (κ2) is 7.81. The maximum absolute atomic E-state index is 12.3. The van der Waals surface area contributed by atoms with Crippen LogP contribution in [0.4, 0.5) is 5.69 Å². The topological polar surface area (TPSA) is 66.5 Å². The third kappa shape index (κ3) is 5.07. The van der Waals surface area contributed by atoms with Gasteiger partial charge in [-0.3, -0.25) is 9.10 Å². The quantitative estimate of drug-likeness (QED) is 0.795. The van der Waals surface area contributed by atoms with Gasteiger partial charge in [0, 0.05) is 4.47 Å². The minimum absolute atomic E-state index is 0.204. The van der Waals surface area contributed by atoms with Crippen molar-refractivity contribution in [3.05, 3.63) is 64.6 Å². The maximum Gasteiger partial charge on any atom is 0.241 e. The van der Waals surface area contributed by atoms with E-state index in [9.17, 15) is 13.2 Å². The molecule has 0 saturated heterocycles. The monoisotopic (exact) mass is 410 g/mol. The molecule has 5 nitrogen and oxygen atoms in total. The summed E-state index contributed by atoms with van der Waals surface area (Å²) in [6.45, 7) is 1.59. The molecule has 0 aliphatic rings. The molecule has 7 heteroatoms. The highest BCUT2D eigenvalue weighted by Gasteiger charge is 2.21. The van der Waals surface area contributed by atoms with Gasteiger partial charge in [0.25, 0.3) is 0 Å². The van der Waals surface area contributed by atoms with E-state index in [4.69, 9.17) is 0 Å². The molecule has 0 spiro atoms. The van der Waals surface area contributed by atoms with E-state index in [0.717, 1.165) is 20.6 Å². The van der Waals surface area contributed by atoms with Crippen LogP contribution in [-0.4, -0.2) is 27.1 Å². The lowest BCUT2D eigenvalue weighted by Gasteiger charge is -2.23. The molecular formula is C17H19BrN2O3S. The summed E-state index contributed by atoms with van der Waals surface area (Å²) in [5.74, 6) is -0.361. The molecule has 0 aromatic heterocycles. The van der Waals surface area contributed by atoms with Crippen LogP contribution in [0.2, 0.25) is 0 Å². The van der Waals surface area contributed by atoms with Gasteiger partial charge in [-0.15, -0.1) is 0 Å². The fourth-order valence-corrected chi connectivity index (χ4v) is 3.37. The van der Waals surface area contributed by atoms with Gasteiger partial charge in [0.05, 0.1) is 18.0 Å². The predicted octanol–water partition coefficient (Wildman–Crippen LogP) is 3.09. The van der Waals surface area contributed by atoms with Crippen molar-refractivity contribution >= 4 is 37.5 Å². The number of nitrogens with zero attached hydrogens (tertiary/aromatic N) is 1. The van der Waals surface area contributed by atoms with Gasteiger partial charge in [0.15, 0.2) is 0 Å². The first-order chi connectivity index (χ1) is 11.3. The third-order valence-electron chi connectivity index (χ3n) is 3.48. The van der Waals surface area contributed by atoms with Crippen molar-refractivity contribution < 1.29 is 13.2 Å². The fraction of sp³-hybridized carbons (Fsp3) is 0.235. The van der Waals surface area contributed by atoms with Gasteiger partial charge < -0.3 is 5.32 Å². The molecule has 1 N–H and O–H groups in total. The van der Waals surface area contributed by atoms with Gasteiger partial charge in [-0.05, 0) is 36.8 Å². The minimum Gasteiger partial charge on any atom is -0.348 e. The Bertz CT molecular complexity index is 792. The van der Waals surface area contributed by atoms with E-state index in [0.29, 0.717) is 5.69 Å². The molecular weight excluding hydrogens is 392 g/mol. The van der Waals surface area contributed by atoms with Gasteiger partial charge >= 0.3 is 0 Å². The molecule has 0 fully saturated rings. The first-order valence-electron chi connectivity index (χ1n) is 7.35. The largest absolute Gasteiger partial charge is 0.348 e. The molecule has 1 amide bonds. The Kier molecular flexibility index (Phi) is 6.01. The van der Waals surface area contributed by atoms with E-state index in [-0.39, 0.29) is 18.5 Å². The number of nitrogens with one attached hydrogen (secondary N) is 1. The van der Waals surface area contributed by atoms with Gasteiger partial charge in [0.2, 0.25) is 15.9 Å². The number of halogens is 1. The summed E-state index contributed by atoms with van der Waals surface area (Å²) in [7, 11) is -3.57. The van der Waals surface area contributed by atoms with Crippen LogP contribution in [0, 0.1) is 0 Å². The number of carbonyl (C=O) groups excluding carboxylic acids is 1. The van der Waals surface area contributed by atoms with Crippen LogP contribution in [0.1, 0.15) is 18.5 Å². The number of anilines is 1. The Hall–Kier alpha value is -1.86. The summed E-state index contributed by atoms with van der Waals surface area (Å²) < 4.78 is 26.0. The molecule has 0 saturated carbocycles. The van der Waals surface area contributed by atoms with Crippen LogP contribution in [0.5, 0.6) is 0 Å². The summed E-state index contributed by atoms with van der Waals surface area (Å²) >= 11 is 3.31. The Morgan fingerprint density at radius 2 is 1.71 bits per heavy atom. The molecule has 0 radical (unpaired) electrons. The number of carbonyl (C=O) groups is 1. The zero-order valence-corrected chi connectivity index (χ0v) is 15.8. The summed E-state index contributed by atoms with van der Waals surface area (Å²) in [6.07, 6.45) is 1.09. The molecule has 0 unspecified atom stereocenters. The van der Waals surface area contributed by atoms with Crippen molar-refractivity contribution in [2.45, 2.75) is 13.0 Å². The summed E-state index contributed by atoms with van der Waals surface area (Å²) in [5.41, 5.74) is 1.41. The highest BCUT2D eigenvalue weighted by atomic mass is 79.9. The van der Waals surface area contributed by atoms with Crippen LogP contribution in [-0.2, 0) is 14.8 Å². The van der Waals surface area contributed by atoms with Crippen LogP contribution >= 0.6 is 15.9 Å². The molecule has 0 aliphatic heterocycles. The molecule has 1 atom stereocenters. The number of hydrogen-bond acceptors (Lipinski definition) is 3. The molecule has 0 heterocycles. The minimum atomic E-state index is -3.57. The predicted molar refractivity (Wildman–Crippen MR) is 99.3 cm³/mol. The molecule has 2 aromatic rings. The van der Waals surface area contributed by atoms with Crippen molar-refractivity contribution in [2.24, 2.45) is 0 Å². The second-order valence-corrected chi connectivity index (χ2v) is 8.27. The zero-order chi connectivity index (χ0) is 17.7. The second-order valence-electron chi connectivity index (χ2n) is 5.45. The van der Waals surface area contributed by atoms with E-state index in [2.05, 4.69) is 21.2 Å². The Morgan fingerprint density at radius 1 is 1.12 bits per heavy atom. The van der Waals surface area contributed by atoms with Crippen molar-refractivity contribution in [1.82, 2.24) is 5.32 Å². The van der Waals surface area contributed by atoms with Crippen molar-refractivity contribution in [3.8, 4) is 0 Å². The number of hydrogen-bond donors (Lipinski definition) is 1. The standard InChI is InChI=1S/C17H19BrN2O3S/c1-13(14-6-4-3-5-7-14)19-17(21)12-20(24(2,22)23)16-10-8-15(18)9-11-16/h3-11,13H,12H2,1-2H3,(H,19,21)/t13-/m1/s1. The fourth-order valence-electron chi connectivity index (χ4n) is 2.25. The van der Waals surface area contributed by atoms with Gasteiger partial charge in [-0.2, -0.15) is 0 Å². The molecule has 0 aliphatic carbocycles. The first-order valence-corrected chi connectivity index (χ1v) is 9.99. The Balaban J connectivity index is 2.12. The summed E-state index contributed by atoms with van der Waals surface area (Å²) in [5, 5.41) is 2.83. The van der Waals surface area contributed by atoms with Gasteiger partial charge in [-0.1, -0.05) is 46.3 Å². The normalized spacial score (nSPS) is 12.5. The smallest absolute Gasteiger partial charge is 0.241 e. The molecule has 2 aromatic carbocycles. The van der Waals surface area contributed by atoms with Gasteiger partial charge in [-0.25, -0.2) is 8.42 Å². The third-order valence-corrected chi connectivity index (χ3v) is 5.15. The van der Waals surface area contributed by atoms with E-state index < -0.39 is 10.0 Å². The lowest BCUT2D eigenvalue weighted by atomic mass is 10.1. The van der Waals surface area contributed by atoms with E-state index in [1.807, 2.05) is 37.3 Å². The number of rotatable bonds is 6. The Labute approximate surface area is 150 Å². The van der Waals surface area contributed by atoms with Crippen LogP contribution < -0.4 is 9.62 Å². The van der Waals surface area contributed by atoms with E-state index in [1.54, 1.807) is 24.3 Å². The van der Waals surface area contributed by atoms with Crippen LogP contribution in [0.3, 0.4) is 0 Å². The molecule has 0 bridgehead atoms. The Morgan fingerprint density at radius 3 is 2.25 bits per heavy atom. The lowest BCUT2D eigenvalue weighted by molar-refractivity contribution is -0.120. The van der Waals surface area contributed by atoms with Crippen LogP contribution in [0.15, 0.2) is 59.1 Å². The van der Waals surface area contributed by atoms with Crippen molar-refractivity contribution in [2.75, 3.05) is 17.1 Å². The van der Waals surface area contributed by atoms with Crippen LogP contribution in [0.25, 0.3) is 0 Å². The molecule has 128 valence electrons. The number of benzene rings is 2. The average Bonchev–Trinajstić information content (AvgIpc) is 2.53. The highest BCUT2D eigenvalue weighted by molar-refractivity contribution is 9.10. The summed E-state index contributed by atoms with van der Waals surface area (Å²) in [4.78, 5) is 12.3. The zero-order valence-electron chi connectivity index (χ0n) is 13.4. The number of sulfonamides is 1. The summed E-state index contributed by atoms with van der Waals surface area (Å²) in [6, 6.07) is 16.1. The first kappa shape index (κ1) is 18.5. The van der Waals surface area contributed by atoms with Crippen molar-refractivity contribution in [3.63, 3.8) is 0 Å². The van der Waals surface area contributed by atoms with Gasteiger partial charge in [0.1, 0.15) is 6.54 Å². The highest BCUT2D eigenvalue weighted by Crippen LogP contribution is 2.20. The maximum atomic E-state index is 12.3. The number of amides is 1. The van der Waals surface area contributed by atoms with Crippen molar-refractivity contribution in [1.29, 1.82) is 0 Å². The molecule has 24 heavy (non-hydrogen) atoms. The van der Waals surface area contributed by atoms with E-state index >= 15 is 0 Å². The van der Waals surface area contributed by atoms with E-state index in [1.165, 1.54) is 0 Å². The molecule has 2 rings (SSSR count). The average molecular weight is 411 g/mol.